The minimum atomic E-state index is -4.51. The van der Waals surface area contributed by atoms with Crippen molar-refractivity contribution in [2.75, 3.05) is 13.1 Å². The molecule has 2 heterocycles. The van der Waals surface area contributed by atoms with Crippen LogP contribution >= 0.6 is 0 Å². The van der Waals surface area contributed by atoms with E-state index in [4.69, 9.17) is 4.98 Å². The smallest absolute Gasteiger partial charge is 0.330 e. The largest absolute Gasteiger partial charge is 0.416 e. The number of aromatic nitrogens is 2. The van der Waals surface area contributed by atoms with Gasteiger partial charge in [-0.15, -0.1) is 0 Å². The molecule has 3 aromatic rings. The van der Waals surface area contributed by atoms with Gasteiger partial charge in [0, 0.05) is 7.05 Å². The first-order valence-corrected chi connectivity index (χ1v) is 11.2. The number of halogens is 4. The third kappa shape index (κ3) is 5.14. The molecule has 0 bridgehead atoms. The van der Waals surface area contributed by atoms with Gasteiger partial charge in [0.15, 0.2) is 0 Å². The first kappa shape index (κ1) is 22.8. The summed E-state index contributed by atoms with van der Waals surface area (Å²) < 4.78 is 54.4. The van der Waals surface area contributed by atoms with E-state index in [2.05, 4.69) is 29.5 Å². The molecule has 172 valence electrons. The standard InChI is InChI=1S/C25H29F4N3/c1-17-5-3-8-22-24(17)31(2)23(30-22)16-32-11-9-18(10-12-32)6-4-7-19-13-20(25(27,28)29)15-21(26)14-19/h3,5,8,13-15,18H,4,6-7,9-12,16H2,1-2H3. The van der Waals surface area contributed by atoms with E-state index in [1.807, 2.05) is 12.1 Å². The summed E-state index contributed by atoms with van der Waals surface area (Å²) in [6, 6.07) is 9.04. The van der Waals surface area contributed by atoms with E-state index in [9.17, 15) is 17.6 Å². The van der Waals surface area contributed by atoms with Crippen LogP contribution in [-0.4, -0.2) is 27.5 Å². The number of nitrogens with zero attached hydrogens (tertiary/aromatic N) is 3. The SMILES string of the molecule is Cc1cccc2nc(CN3CCC(CCCc4cc(F)cc(C(F)(F)F)c4)CC3)n(C)c12. The van der Waals surface area contributed by atoms with E-state index in [1.165, 1.54) is 17.1 Å². The lowest BCUT2D eigenvalue weighted by Crippen LogP contribution is -2.34. The second-order valence-electron chi connectivity index (χ2n) is 8.99. The number of alkyl halides is 3. The molecule has 1 saturated heterocycles. The quantitative estimate of drug-likeness (QED) is 0.415. The van der Waals surface area contributed by atoms with Crippen LogP contribution < -0.4 is 0 Å². The van der Waals surface area contributed by atoms with Crippen molar-refractivity contribution in [2.24, 2.45) is 13.0 Å². The molecule has 0 amide bonds. The van der Waals surface area contributed by atoms with Crippen LogP contribution in [0.3, 0.4) is 0 Å². The molecular weight excluding hydrogens is 418 g/mol. The highest BCUT2D eigenvalue weighted by Gasteiger charge is 2.31. The summed E-state index contributed by atoms with van der Waals surface area (Å²) in [4.78, 5) is 7.24. The van der Waals surface area contributed by atoms with E-state index in [-0.39, 0.29) is 0 Å². The van der Waals surface area contributed by atoms with Crippen LogP contribution in [0.4, 0.5) is 17.6 Å². The van der Waals surface area contributed by atoms with E-state index in [0.29, 0.717) is 24.0 Å². The van der Waals surface area contributed by atoms with Crippen molar-refractivity contribution < 1.29 is 17.6 Å². The van der Waals surface area contributed by atoms with Gasteiger partial charge in [-0.1, -0.05) is 18.6 Å². The van der Waals surface area contributed by atoms with Gasteiger partial charge in [-0.25, -0.2) is 9.37 Å². The van der Waals surface area contributed by atoms with E-state index < -0.39 is 17.6 Å². The molecule has 0 N–H and O–H groups in total. The molecule has 1 aliphatic heterocycles. The molecular formula is C25H29F4N3. The Morgan fingerprint density at radius 2 is 1.84 bits per heavy atom. The second kappa shape index (κ2) is 9.22. The summed E-state index contributed by atoms with van der Waals surface area (Å²) in [5.74, 6) is 0.809. The molecule has 0 spiro atoms. The van der Waals surface area contributed by atoms with Crippen LogP contribution in [-0.2, 0) is 26.2 Å². The van der Waals surface area contributed by atoms with Crippen molar-refractivity contribution in [1.82, 2.24) is 14.5 Å². The van der Waals surface area contributed by atoms with Crippen LogP contribution in [0.25, 0.3) is 11.0 Å². The van der Waals surface area contributed by atoms with Gasteiger partial charge in [0.25, 0.3) is 0 Å². The lowest BCUT2D eigenvalue weighted by molar-refractivity contribution is -0.137. The van der Waals surface area contributed by atoms with Gasteiger partial charge in [-0.3, -0.25) is 4.90 Å². The molecule has 0 unspecified atom stereocenters. The molecule has 2 aromatic carbocycles. The summed E-state index contributed by atoms with van der Waals surface area (Å²) in [6.45, 7) is 4.91. The van der Waals surface area contributed by atoms with Crippen molar-refractivity contribution >= 4 is 11.0 Å². The average molecular weight is 448 g/mol. The van der Waals surface area contributed by atoms with Gasteiger partial charge in [-0.05, 0) is 87.0 Å². The Kier molecular flexibility index (Phi) is 6.56. The Morgan fingerprint density at radius 3 is 2.53 bits per heavy atom. The Balaban J connectivity index is 1.27. The first-order chi connectivity index (χ1) is 15.2. The number of para-hydroxylation sites is 1. The number of imidazole rings is 1. The predicted octanol–water partition coefficient (Wildman–Crippen LogP) is 6.27. The normalized spacial score (nSPS) is 16.2. The zero-order valence-electron chi connectivity index (χ0n) is 18.6. The molecule has 4 rings (SSSR count). The van der Waals surface area contributed by atoms with Crippen LogP contribution in [0.2, 0.25) is 0 Å². The monoisotopic (exact) mass is 447 g/mol. The van der Waals surface area contributed by atoms with Crippen molar-refractivity contribution in [1.29, 1.82) is 0 Å². The van der Waals surface area contributed by atoms with Gasteiger partial charge in [-0.2, -0.15) is 13.2 Å². The number of likely N-dealkylation sites (tertiary alicyclic amines) is 1. The molecule has 0 aliphatic carbocycles. The summed E-state index contributed by atoms with van der Waals surface area (Å²) in [7, 11) is 2.07. The first-order valence-electron chi connectivity index (χ1n) is 11.2. The zero-order valence-corrected chi connectivity index (χ0v) is 18.6. The molecule has 3 nitrogen and oxygen atoms in total. The third-order valence-electron chi connectivity index (χ3n) is 6.62. The minimum absolute atomic E-state index is 0.423. The predicted molar refractivity (Wildman–Crippen MR) is 118 cm³/mol. The number of benzene rings is 2. The summed E-state index contributed by atoms with van der Waals surface area (Å²) in [5.41, 5.74) is 2.96. The van der Waals surface area contributed by atoms with Gasteiger partial charge in [0.05, 0.1) is 23.1 Å². The average Bonchev–Trinajstić information content (AvgIpc) is 3.05. The fourth-order valence-electron chi connectivity index (χ4n) is 4.84. The molecule has 1 aromatic heterocycles. The number of piperidine rings is 1. The minimum Gasteiger partial charge on any atom is -0.330 e. The van der Waals surface area contributed by atoms with Gasteiger partial charge in [0.2, 0.25) is 0 Å². The fraction of sp³-hybridized carbons (Fsp3) is 0.480. The van der Waals surface area contributed by atoms with Crippen molar-refractivity contribution in [2.45, 2.75) is 51.7 Å². The maximum absolute atomic E-state index is 13.6. The highest BCUT2D eigenvalue weighted by atomic mass is 19.4. The lowest BCUT2D eigenvalue weighted by Gasteiger charge is -2.31. The summed E-state index contributed by atoms with van der Waals surface area (Å²) in [6.07, 6.45) is -0.172. The number of aryl methyl sites for hydroxylation is 3. The fourth-order valence-corrected chi connectivity index (χ4v) is 4.84. The Hall–Kier alpha value is -2.41. The topological polar surface area (TPSA) is 21.1 Å². The van der Waals surface area contributed by atoms with E-state index in [0.717, 1.165) is 62.7 Å². The molecule has 0 saturated carbocycles. The Morgan fingerprint density at radius 1 is 1.09 bits per heavy atom. The van der Waals surface area contributed by atoms with Crippen LogP contribution in [0, 0.1) is 18.7 Å². The van der Waals surface area contributed by atoms with Gasteiger partial charge < -0.3 is 4.57 Å². The number of fused-ring (bicyclic) bond motifs is 1. The van der Waals surface area contributed by atoms with Crippen LogP contribution in [0.15, 0.2) is 36.4 Å². The van der Waals surface area contributed by atoms with Crippen LogP contribution in [0.5, 0.6) is 0 Å². The van der Waals surface area contributed by atoms with Crippen molar-refractivity contribution in [3.63, 3.8) is 0 Å². The van der Waals surface area contributed by atoms with Crippen molar-refractivity contribution in [3.8, 4) is 0 Å². The highest BCUT2D eigenvalue weighted by molar-refractivity contribution is 5.79. The maximum Gasteiger partial charge on any atom is 0.416 e. The molecule has 1 aliphatic rings. The zero-order chi connectivity index (χ0) is 22.9. The van der Waals surface area contributed by atoms with E-state index in [1.54, 1.807) is 0 Å². The lowest BCUT2D eigenvalue weighted by atomic mass is 9.90. The van der Waals surface area contributed by atoms with Gasteiger partial charge in [0.1, 0.15) is 11.6 Å². The Bertz CT molecular complexity index is 1080. The van der Waals surface area contributed by atoms with Crippen LogP contribution in [0.1, 0.15) is 48.2 Å². The van der Waals surface area contributed by atoms with Crippen molar-refractivity contribution in [3.05, 3.63) is 64.7 Å². The Labute approximate surface area is 186 Å². The number of rotatable bonds is 6. The maximum atomic E-state index is 13.6. The molecule has 0 radical (unpaired) electrons. The molecule has 7 heteroatoms. The molecule has 32 heavy (non-hydrogen) atoms. The number of hydrogen-bond donors (Lipinski definition) is 0. The summed E-state index contributed by atoms with van der Waals surface area (Å²) in [5, 5.41) is 0. The summed E-state index contributed by atoms with van der Waals surface area (Å²) >= 11 is 0. The highest BCUT2D eigenvalue weighted by Crippen LogP contribution is 2.31. The van der Waals surface area contributed by atoms with Gasteiger partial charge >= 0.3 is 6.18 Å². The molecule has 1 fully saturated rings. The second-order valence-corrected chi connectivity index (χ2v) is 8.99. The molecule has 0 atom stereocenters. The number of hydrogen-bond acceptors (Lipinski definition) is 2. The third-order valence-corrected chi connectivity index (χ3v) is 6.62. The van der Waals surface area contributed by atoms with E-state index >= 15 is 0 Å².